The summed E-state index contributed by atoms with van der Waals surface area (Å²) in [5, 5.41) is 3.18. The van der Waals surface area contributed by atoms with Crippen LogP contribution in [0, 0.1) is 5.92 Å². The third kappa shape index (κ3) is 1.56. The van der Waals surface area contributed by atoms with Crippen molar-refractivity contribution < 1.29 is 0 Å². The summed E-state index contributed by atoms with van der Waals surface area (Å²) >= 11 is 0. The van der Waals surface area contributed by atoms with E-state index in [0.29, 0.717) is 5.92 Å². The van der Waals surface area contributed by atoms with E-state index in [1.807, 2.05) is 12.3 Å². The van der Waals surface area contributed by atoms with Crippen molar-refractivity contribution in [2.45, 2.75) is 13.8 Å². The molecule has 2 nitrogen and oxygen atoms in total. The van der Waals surface area contributed by atoms with Gasteiger partial charge in [-0.2, -0.15) is 0 Å². The molecule has 1 rings (SSSR count). The molecule has 1 aliphatic heterocycles. The molecule has 9 heavy (non-hydrogen) atoms. The summed E-state index contributed by atoms with van der Waals surface area (Å²) in [7, 11) is 0. The highest BCUT2D eigenvalue weighted by Crippen LogP contribution is 2.05. The fraction of sp³-hybridized carbons (Fsp3) is 0.571. The maximum atomic E-state index is 4.00. The second-order valence-electron chi connectivity index (χ2n) is 2.44. The van der Waals surface area contributed by atoms with E-state index in [2.05, 4.69) is 24.2 Å². The third-order valence-electron chi connectivity index (χ3n) is 1.36. The zero-order chi connectivity index (χ0) is 6.69. The summed E-state index contributed by atoms with van der Waals surface area (Å²) < 4.78 is 0. The Morgan fingerprint density at radius 1 is 1.67 bits per heavy atom. The van der Waals surface area contributed by atoms with Crippen LogP contribution in [-0.2, 0) is 0 Å². The van der Waals surface area contributed by atoms with Gasteiger partial charge in [-0.15, -0.1) is 0 Å². The summed E-state index contributed by atoms with van der Waals surface area (Å²) in [5.74, 6) is 0.594. The predicted molar refractivity (Wildman–Crippen MR) is 39.4 cm³/mol. The molecule has 1 aliphatic rings. The molecule has 1 heterocycles. The molecule has 0 atom stereocenters. The van der Waals surface area contributed by atoms with Crippen molar-refractivity contribution in [1.82, 2.24) is 5.32 Å². The predicted octanol–water partition coefficient (Wildman–Crippen LogP) is 1.16. The number of hydrogen-bond acceptors (Lipinski definition) is 2. The fourth-order valence-corrected chi connectivity index (χ4v) is 0.778. The molecule has 0 aliphatic carbocycles. The van der Waals surface area contributed by atoms with Crippen molar-refractivity contribution >= 4 is 6.21 Å². The average molecular weight is 124 g/mol. The zero-order valence-electron chi connectivity index (χ0n) is 5.89. The Kier molecular flexibility index (Phi) is 1.88. The van der Waals surface area contributed by atoms with Crippen LogP contribution in [0.25, 0.3) is 0 Å². The van der Waals surface area contributed by atoms with Gasteiger partial charge in [-0.05, 0) is 12.0 Å². The Labute approximate surface area is 55.7 Å². The van der Waals surface area contributed by atoms with Gasteiger partial charge in [0.15, 0.2) is 0 Å². The first kappa shape index (κ1) is 6.33. The SMILES string of the molecule is CC(C)C1=CC=NCN1. The minimum absolute atomic E-state index is 0.594. The molecule has 0 unspecified atom stereocenters. The smallest absolute Gasteiger partial charge is 0.107 e. The first-order valence-corrected chi connectivity index (χ1v) is 3.24. The molecule has 0 bridgehead atoms. The lowest BCUT2D eigenvalue weighted by molar-refractivity contribution is 0.657. The lowest BCUT2D eigenvalue weighted by Gasteiger charge is -2.13. The van der Waals surface area contributed by atoms with Gasteiger partial charge in [-0.3, -0.25) is 4.99 Å². The fourth-order valence-electron chi connectivity index (χ4n) is 0.778. The van der Waals surface area contributed by atoms with Crippen LogP contribution in [0.1, 0.15) is 13.8 Å². The Morgan fingerprint density at radius 3 is 2.78 bits per heavy atom. The van der Waals surface area contributed by atoms with E-state index in [9.17, 15) is 0 Å². The topological polar surface area (TPSA) is 24.4 Å². The number of rotatable bonds is 1. The number of nitrogens with zero attached hydrogens (tertiary/aromatic N) is 1. The first-order chi connectivity index (χ1) is 4.30. The van der Waals surface area contributed by atoms with Crippen LogP contribution in [0.3, 0.4) is 0 Å². The molecule has 0 aromatic rings. The summed E-state index contributed by atoms with van der Waals surface area (Å²) in [4.78, 5) is 4.00. The van der Waals surface area contributed by atoms with E-state index in [1.165, 1.54) is 5.70 Å². The van der Waals surface area contributed by atoms with Gasteiger partial charge in [0.05, 0.1) is 0 Å². The minimum atomic E-state index is 0.594. The Hall–Kier alpha value is -0.790. The Morgan fingerprint density at radius 2 is 2.44 bits per heavy atom. The molecule has 0 fully saturated rings. The van der Waals surface area contributed by atoms with Crippen LogP contribution < -0.4 is 5.32 Å². The number of hydrogen-bond donors (Lipinski definition) is 1. The Bertz CT molecular complexity index is 145. The van der Waals surface area contributed by atoms with E-state index in [-0.39, 0.29) is 0 Å². The standard InChI is InChI=1S/C7H12N2/c1-6(2)7-3-4-8-5-9-7/h3-4,6,9H,5H2,1-2H3. The van der Waals surface area contributed by atoms with Crippen molar-refractivity contribution in [2.75, 3.05) is 6.67 Å². The van der Waals surface area contributed by atoms with Crippen molar-refractivity contribution in [1.29, 1.82) is 0 Å². The van der Waals surface area contributed by atoms with Crippen molar-refractivity contribution in [3.8, 4) is 0 Å². The van der Waals surface area contributed by atoms with Crippen molar-refractivity contribution in [2.24, 2.45) is 10.9 Å². The summed E-state index contributed by atoms with van der Waals surface area (Å²) in [6.07, 6.45) is 3.88. The van der Waals surface area contributed by atoms with Crippen LogP contribution >= 0.6 is 0 Å². The molecule has 0 spiro atoms. The molecule has 2 heteroatoms. The van der Waals surface area contributed by atoms with Gasteiger partial charge in [0.2, 0.25) is 0 Å². The molecule has 0 aromatic heterocycles. The van der Waals surface area contributed by atoms with Gasteiger partial charge in [0.25, 0.3) is 0 Å². The van der Waals surface area contributed by atoms with Crippen LogP contribution in [0.5, 0.6) is 0 Å². The highest BCUT2D eigenvalue weighted by atomic mass is 15.0. The highest BCUT2D eigenvalue weighted by Gasteiger charge is 2.01. The van der Waals surface area contributed by atoms with Crippen molar-refractivity contribution in [3.63, 3.8) is 0 Å². The van der Waals surface area contributed by atoms with Gasteiger partial charge >= 0.3 is 0 Å². The lowest BCUT2D eigenvalue weighted by atomic mass is 10.1. The van der Waals surface area contributed by atoms with E-state index < -0.39 is 0 Å². The van der Waals surface area contributed by atoms with Gasteiger partial charge in [0.1, 0.15) is 6.67 Å². The maximum absolute atomic E-state index is 4.00. The summed E-state index contributed by atoms with van der Waals surface area (Å²) in [5.41, 5.74) is 1.28. The summed E-state index contributed by atoms with van der Waals surface area (Å²) in [6, 6.07) is 0. The van der Waals surface area contributed by atoms with Crippen LogP contribution in [0.15, 0.2) is 16.8 Å². The van der Waals surface area contributed by atoms with E-state index in [1.54, 1.807) is 0 Å². The highest BCUT2D eigenvalue weighted by molar-refractivity contribution is 5.72. The van der Waals surface area contributed by atoms with E-state index >= 15 is 0 Å². The molecule has 50 valence electrons. The molecule has 0 saturated carbocycles. The minimum Gasteiger partial charge on any atom is -0.369 e. The Balaban J connectivity index is 2.57. The second kappa shape index (κ2) is 2.67. The lowest BCUT2D eigenvalue weighted by Crippen LogP contribution is -2.20. The largest absolute Gasteiger partial charge is 0.369 e. The summed E-state index contributed by atoms with van der Waals surface area (Å²) in [6.45, 7) is 5.07. The number of aliphatic imine (C=N–C) groups is 1. The quantitative estimate of drug-likeness (QED) is 0.557. The van der Waals surface area contributed by atoms with E-state index in [4.69, 9.17) is 0 Å². The molecule has 0 amide bonds. The molecular formula is C7H12N2. The van der Waals surface area contributed by atoms with Crippen molar-refractivity contribution in [3.05, 3.63) is 11.8 Å². The number of allylic oxidation sites excluding steroid dienone is 2. The van der Waals surface area contributed by atoms with Crippen LogP contribution in [0.4, 0.5) is 0 Å². The van der Waals surface area contributed by atoms with Gasteiger partial charge in [-0.1, -0.05) is 13.8 Å². The maximum Gasteiger partial charge on any atom is 0.107 e. The van der Waals surface area contributed by atoms with Crippen LogP contribution in [-0.4, -0.2) is 12.9 Å². The number of nitrogens with one attached hydrogen (secondary N) is 1. The van der Waals surface area contributed by atoms with Crippen LogP contribution in [0.2, 0.25) is 0 Å². The third-order valence-corrected chi connectivity index (χ3v) is 1.36. The average Bonchev–Trinajstić information content (AvgIpc) is 1.90. The molecule has 0 saturated heterocycles. The van der Waals surface area contributed by atoms with Gasteiger partial charge < -0.3 is 5.32 Å². The normalized spacial score (nSPS) is 17.4. The second-order valence-corrected chi connectivity index (χ2v) is 2.44. The first-order valence-electron chi connectivity index (χ1n) is 3.24. The van der Waals surface area contributed by atoms with Gasteiger partial charge in [-0.25, -0.2) is 0 Å². The zero-order valence-corrected chi connectivity index (χ0v) is 5.89. The van der Waals surface area contributed by atoms with Gasteiger partial charge in [0, 0.05) is 11.9 Å². The monoisotopic (exact) mass is 124 g/mol. The molecule has 0 aromatic carbocycles. The van der Waals surface area contributed by atoms with E-state index in [0.717, 1.165) is 6.67 Å². The molecular weight excluding hydrogens is 112 g/mol. The molecule has 0 radical (unpaired) electrons. The molecule has 1 N–H and O–H groups in total.